The highest BCUT2D eigenvalue weighted by molar-refractivity contribution is 5.38. The third-order valence-electron chi connectivity index (χ3n) is 3.66. The first-order valence-electron chi connectivity index (χ1n) is 7.17. The van der Waals surface area contributed by atoms with Crippen molar-refractivity contribution in [2.75, 3.05) is 6.54 Å². The number of hydrogen-bond donors (Lipinski definition) is 1. The second-order valence-electron chi connectivity index (χ2n) is 5.33. The largest absolute Gasteiger partial charge is 0.309 e. The molecule has 20 heavy (non-hydrogen) atoms. The van der Waals surface area contributed by atoms with Crippen LogP contribution in [0.15, 0.2) is 30.7 Å². The van der Waals surface area contributed by atoms with Crippen molar-refractivity contribution in [2.24, 2.45) is 0 Å². The Hall–Kier alpha value is -1.74. The van der Waals surface area contributed by atoms with Crippen molar-refractivity contribution < 1.29 is 0 Å². The topological polar surface area (TPSA) is 37.8 Å². The van der Waals surface area contributed by atoms with Gasteiger partial charge in [-0.25, -0.2) is 9.97 Å². The zero-order chi connectivity index (χ0) is 14.5. The normalized spacial score (nSPS) is 12.4. The molecule has 0 saturated heterocycles. The van der Waals surface area contributed by atoms with E-state index in [-0.39, 0.29) is 6.04 Å². The van der Waals surface area contributed by atoms with Crippen molar-refractivity contribution in [3.63, 3.8) is 0 Å². The Bertz CT molecular complexity index is 541. The molecule has 0 saturated carbocycles. The smallest absolute Gasteiger partial charge is 0.115 e. The monoisotopic (exact) mass is 269 g/mol. The van der Waals surface area contributed by atoms with E-state index in [2.05, 4.69) is 55.1 Å². The molecule has 0 bridgehead atoms. The highest BCUT2D eigenvalue weighted by atomic mass is 14.9. The lowest BCUT2D eigenvalue weighted by Gasteiger charge is -2.20. The molecule has 0 aliphatic carbocycles. The molecule has 1 atom stereocenters. The van der Waals surface area contributed by atoms with Crippen LogP contribution in [0.3, 0.4) is 0 Å². The minimum atomic E-state index is 0.239. The molecule has 0 spiro atoms. The number of benzene rings is 1. The summed E-state index contributed by atoms with van der Waals surface area (Å²) in [5.41, 5.74) is 6.52. The van der Waals surface area contributed by atoms with Gasteiger partial charge in [0.1, 0.15) is 6.33 Å². The first-order valence-corrected chi connectivity index (χ1v) is 7.17. The van der Waals surface area contributed by atoms with Crippen LogP contribution < -0.4 is 5.32 Å². The number of nitrogens with zero attached hydrogens (tertiary/aromatic N) is 2. The number of aryl methyl sites for hydroxylation is 3. The SMILES string of the molecule is CCNC(Cc1c(C)cc(C)cc1C)c1ccncn1. The fraction of sp³-hybridized carbons (Fsp3) is 0.412. The van der Waals surface area contributed by atoms with Crippen LogP contribution in [0.25, 0.3) is 0 Å². The average molecular weight is 269 g/mol. The molecule has 1 heterocycles. The van der Waals surface area contributed by atoms with Gasteiger partial charge in [-0.15, -0.1) is 0 Å². The molecule has 3 heteroatoms. The molecular formula is C17H23N3. The van der Waals surface area contributed by atoms with E-state index in [9.17, 15) is 0 Å². The second-order valence-corrected chi connectivity index (χ2v) is 5.33. The van der Waals surface area contributed by atoms with E-state index in [4.69, 9.17) is 0 Å². The molecule has 3 nitrogen and oxygen atoms in total. The Morgan fingerprint density at radius 3 is 2.40 bits per heavy atom. The maximum absolute atomic E-state index is 4.40. The second kappa shape index (κ2) is 6.62. The fourth-order valence-corrected chi connectivity index (χ4v) is 2.77. The summed E-state index contributed by atoms with van der Waals surface area (Å²) in [4.78, 5) is 8.40. The summed E-state index contributed by atoms with van der Waals surface area (Å²) in [5, 5.41) is 3.53. The third-order valence-corrected chi connectivity index (χ3v) is 3.66. The van der Waals surface area contributed by atoms with Gasteiger partial charge in [0.05, 0.1) is 11.7 Å². The molecule has 2 rings (SSSR count). The van der Waals surface area contributed by atoms with E-state index in [0.717, 1.165) is 18.7 Å². The first-order chi connectivity index (χ1) is 9.61. The maximum atomic E-state index is 4.40. The van der Waals surface area contributed by atoms with Gasteiger partial charge < -0.3 is 5.32 Å². The van der Waals surface area contributed by atoms with E-state index >= 15 is 0 Å². The summed E-state index contributed by atoms with van der Waals surface area (Å²) < 4.78 is 0. The van der Waals surface area contributed by atoms with Gasteiger partial charge in [-0.2, -0.15) is 0 Å². The molecule has 0 aliphatic rings. The molecule has 0 radical (unpaired) electrons. The molecule has 1 unspecified atom stereocenters. The minimum Gasteiger partial charge on any atom is -0.309 e. The van der Waals surface area contributed by atoms with Crippen molar-refractivity contribution in [3.8, 4) is 0 Å². The number of hydrogen-bond acceptors (Lipinski definition) is 3. The summed E-state index contributed by atoms with van der Waals surface area (Å²) in [6.45, 7) is 9.59. The number of nitrogens with one attached hydrogen (secondary N) is 1. The highest BCUT2D eigenvalue weighted by Gasteiger charge is 2.15. The van der Waals surface area contributed by atoms with Gasteiger partial charge >= 0.3 is 0 Å². The third kappa shape index (κ3) is 3.42. The summed E-state index contributed by atoms with van der Waals surface area (Å²) in [6.07, 6.45) is 4.39. The molecule has 2 aromatic rings. The van der Waals surface area contributed by atoms with Gasteiger partial charge in [-0.1, -0.05) is 24.6 Å². The lowest BCUT2D eigenvalue weighted by Crippen LogP contribution is -2.24. The highest BCUT2D eigenvalue weighted by Crippen LogP contribution is 2.23. The van der Waals surface area contributed by atoms with Crippen LogP contribution in [0.4, 0.5) is 0 Å². The van der Waals surface area contributed by atoms with E-state index in [1.54, 1.807) is 6.33 Å². The van der Waals surface area contributed by atoms with E-state index in [0.29, 0.717) is 0 Å². The van der Waals surface area contributed by atoms with Crippen LogP contribution in [0.1, 0.15) is 40.9 Å². The van der Waals surface area contributed by atoms with E-state index in [1.807, 2.05) is 12.3 Å². The zero-order valence-corrected chi connectivity index (χ0v) is 12.8. The number of aromatic nitrogens is 2. The van der Waals surface area contributed by atoms with Crippen molar-refractivity contribution >= 4 is 0 Å². The summed E-state index contributed by atoms with van der Waals surface area (Å²) >= 11 is 0. The summed E-state index contributed by atoms with van der Waals surface area (Å²) in [6, 6.07) is 6.74. The van der Waals surface area contributed by atoms with Crippen molar-refractivity contribution in [3.05, 3.63) is 58.7 Å². The lowest BCUT2D eigenvalue weighted by atomic mass is 9.93. The molecule has 1 aromatic carbocycles. The molecule has 1 aromatic heterocycles. The standard InChI is InChI=1S/C17H23N3/c1-5-19-17(16-6-7-18-11-20-16)10-15-13(3)8-12(2)9-14(15)4/h6-9,11,17,19H,5,10H2,1-4H3. The zero-order valence-electron chi connectivity index (χ0n) is 12.8. The Labute approximate surface area is 121 Å². The van der Waals surface area contributed by atoms with Crippen molar-refractivity contribution in [1.29, 1.82) is 0 Å². The van der Waals surface area contributed by atoms with Gasteiger partial charge in [0.2, 0.25) is 0 Å². The predicted molar refractivity (Wildman–Crippen MR) is 82.8 cm³/mol. The predicted octanol–water partition coefficient (Wildman–Crippen LogP) is 3.30. The summed E-state index contributed by atoms with van der Waals surface area (Å²) in [7, 11) is 0. The van der Waals surface area contributed by atoms with E-state index in [1.165, 1.54) is 22.3 Å². The summed E-state index contributed by atoms with van der Waals surface area (Å²) in [5.74, 6) is 0. The maximum Gasteiger partial charge on any atom is 0.115 e. The lowest BCUT2D eigenvalue weighted by molar-refractivity contribution is 0.533. The van der Waals surface area contributed by atoms with Crippen LogP contribution in [-0.4, -0.2) is 16.5 Å². The van der Waals surface area contributed by atoms with Crippen LogP contribution in [-0.2, 0) is 6.42 Å². The van der Waals surface area contributed by atoms with Crippen LogP contribution in [0.5, 0.6) is 0 Å². The van der Waals surface area contributed by atoms with E-state index < -0.39 is 0 Å². The van der Waals surface area contributed by atoms with Gasteiger partial charge in [0.15, 0.2) is 0 Å². The quantitative estimate of drug-likeness (QED) is 0.905. The minimum absolute atomic E-state index is 0.239. The number of rotatable bonds is 5. The van der Waals surface area contributed by atoms with Crippen LogP contribution in [0.2, 0.25) is 0 Å². The molecule has 0 fully saturated rings. The van der Waals surface area contributed by atoms with Crippen molar-refractivity contribution in [2.45, 2.75) is 40.2 Å². The molecule has 0 aliphatic heterocycles. The van der Waals surface area contributed by atoms with Gasteiger partial charge in [0, 0.05) is 6.20 Å². The first kappa shape index (κ1) is 14.7. The van der Waals surface area contributed by atoms with Crippen LogP contribution in [0, 0.1) is 20.8 Å². The Morgan fingerprint density at radius 1 is 1.15 bits per heavy atom. The molecule has 0 amide bonds. The van der Waals surface area contributed by atoms with Gasteiger partial charge in [-0.3, -0.25) is 0 Å². The molecule has 1 N–H and O–H groups in total. The van der Waals surface area contributed by atoms with Crippen molar-refractivity contribution in [1.82, 2.24) is 15.3 Å². The van der Waals surface area contributed by atoms with Crippen LogP contribution >= 0.6 is 0 Å². The Morgan fingerprint density at radius 2 is 1.85 bits per heavy atom. The fourth-order valence-electron chi connectivity index (χ4n) is 2.77. The average Bonchev–Trinajstić information content (AvgIpc) is 2.42. The Kier molecular flexibility index (Phi) is 4.85. The number of likely N-dealkylation sites (N-methyl/N-ethyl adjacent to an activating group) is 1. The Balaban J connectivity index is 2.30. The van der Waals surface area contributed by atoms with Gasteiger partial charge in [-0.05, 0) is 56.5 Å². The molecule has 106 valence electrons. The molecular weight excluding hydrogens is 246 g/mol. The van der Waals surface area contributed by atoms with Gasteiger partial charge in [0.25, 0.3) is 0 Å².